The lowest BCUT2D eigenvalue weighted by Gasteiger charge is -2.39. The van der Waals surface area contributed by atoms with E-state index in [0.717, 1.165) is 43.4 Å². The van der Waals surface area contributed by atoms with Crippen molar-refractivity contribution in [1.82, 2.24) is 0 Å². The van der Waals surface area contributed by atoms with Crippen molar-refractivity contribution in [3.8, 4) is 0 Å². The molecule has 2 rings (SSSR count). The molecule has 2 fully saturated rings. The number of carbonyl (C=O) groups is 2. The second-order valence-electron chi connectivity index (χ2n) is 9.52. The van der Waals surface area contributed by atoms with Crippen LogP contribution in [0.1, 0.15) is 64.2 Å². The second kappa shape index (κ2) is 17.0. The van der Waals surface area contributed by atoms with Crippen molar-refractivity contribution in [3.05, 3.63) is 24.3 Å². The highest BCUT2D eigenvalue weighted by atomic mass is 19.1. The fraction of sp³-hybridized carbons (Fsp3) is 0.769. The van der Waals surface area contributed by atoms with Gasteiger partial charge in [-0.1, -0.05) is 26.0 Å². The SMILES string of the molecule is C=C(C=O)CO.C=C(CO)C(=O)OCC(CO)C1CCC(C2CCC(CCCF)CC2)CC1. The molecule has 2 aliphatic carbocycles. The van der Waals surface area contributed by atoms with Crippen LogP contribution in [0.5, 0.6) is 0 Å². The average molecular weight is 471 g/mol. The van der Waals surface area contributed by atoms with Gasteiger partial charge < -0.3 is 20.1 Å². The third-order valence-corrected chi connectivity index (χ3v) is 7.30. The van der Waals surface area contributed by atoms with E-state index >= 15 is 0 Å². The van der Waals surface area contributed by atoms with Gasteiger partial charge >= 0.3 is 5.97 Å². The first-order chi connectivity index (χ1) is 15.9. The summed E-state index contributed by atoms with van der Waals surface area (Å²) in [7, 11) is 0. The summed E-state index contributed by atoms with van der Waals surface area (Å²) in [6, 6.07) is 0. The maximum absolute atomic E-state index is 12.3. The topological polar surface area (TPSA) is 104 Å². The smallest absolute Gasteiger partial charge is 0.335 e. The van der Waals surface area contributed by atoms with Gasteiger partial charge in [0.2, 0.25) is 0 Å². The minimum atomic E-state index is -0.575. The zero-order chi connectivity index (χ0) is 24.6. The number of aldehydes is 1. The van der Waals surface area contributed by atoms with Crippen molar-refractivity contribution in [2.45, 2.75) is 64.2 Å². The van der Waals surface area contributed by atoms with Gasteiger partial charge in [-0.25, -0.2) is 4.79 Å². The molecule has 0 bridgehead atoms. The van der Waals surface area contributed by atoms with Crippen molar-refractivity contribution in [2.75, 3.05) is 33.1 Å². The molecule has 0 aliphatic heterocycles. The van der Waals surface area contributed by atoms with E-state index in [-0.39, 0.29) is 43.6 Å². The highest BCUT2D eigenvalue weighted by Crippen LogP contribution is 2.43. The molecule has 2 aliphatic rings. The number of carbonyl (C=O) groups excluding carboxylic acids is 2. The molecule has 0 aromatic carbocycles. The Kier molecular flexibility index (Phi) is 15.1. The van der Waals surface area contributed by atoms with E-state index in [4.69, 9.17) is 14.9 Å². The number of aliphatic hydroxyl groups is 3. The molecule has 0 amide bonds. The van der Waals surface area contributed by atoms with Crippen LogP contribution >= 0.6 is 0 Å². The molecule has 0 heterocycles. The summed E-state index contributed by atoms with van der Waals surface area (Å²) in [6.07, 6.45) is 11.9. The lowest BCUT2D eigenvalue weighted by molar-refractivity contribution is -0.142. The molecule has 33 heavy (non-hydrogen) atoms. The minimum absolute atomic E-state index is 0.0217. The highest BCUT2D eigenvalue weighted by Gasteiger charge is 2.33. The number of alkyl halides is 1. The van der Waals surface area contributed by atoms with E-state index in [9.17, 15) is 19.1 Å². The second-order valence-corrected chi connectivity index (χ2v) is 9.52. The number of hydrogen-bond donors (Lipinski definition) is 3. The van der Waals surface area contributed by atoms with Crippen molar-refractivity contribution >= 4 is 12.3 Å². The first-order valence-electron chi connectivity index (χ1n) is 12.3. The lowest BCUT2D eigenvalue weighted by Crippen LogP contribution is -2.31. The number of ether oxygens (including phenoxy) is 1. The van der Waals surface area contributed by atoms with Crippen molar-refractivity contribution in [2.24, 2.45) is 29.6 Å². The van der Waals surface area contributed by atoms with E-state index in [2.05, 4.69) is 13.2 Å². The van der Waals surface area contributed by atoms with Crippen LogP contribution in [0.25, 0.3) is 0 Å². The summed E-state index contributed by atoms with van der Waals surface area (Å²) in [5.74, 6) is 2.11. The largest absolute Gasteiger partial charge is 0.462 e. The standard InChI is InChI=1S/C22H37FO4.C4H6O2/c1-16(13-24)22(26)27-15-21(14-25)20-10-8-19(9-11-20)18-6-4-17(5-7-18)3-2-12-23;1-4(2-5)3-6/h17-21,24-25H,1-15H2;2,6H,1,3H2. The average Bonchev–Trinajstić information content (AvgIpc) is 2.87. The van der Waals surface area contributed by atoms with Gasteiger partial charge in [0.25, 0.3) is 0 Å². The molecule has 6 nitrogen and oxygen atoms in total. The molecule has 1 unspecified atom stereocenters. The molecule has 0 saturated heterocycles. The Morgan fingerprint density at radius 3 is 1.97 bits per heavy atom. The van der Waals surface area contributed by atoms with Crippen LogP contribution in [0, 0.1) is 29.6 Å². The van der Waals surface area contributed by atoms with Crippen LogP contribution in [-0.2, 0) is 14.3 Å². The zero-order valence-corrected chi connectivity index (χ0v) is 19.9. The molecule has 0 spiro atoms. The third-order valence-electron chi connectivity index (χ3n) is 7.30. The number of rotatable bonds is 12. The molecular formula is C26H43FO6. The van der Waals surface area contributed by atoms with Gasteiger partial charge in [0, 0.05) is 18.1 Å². The normalized spacial score (nSPS) is 25.8. The Balaban J connectivity index is 0.000000801. The first-order valence-corrected chi connectivity index (χ1v) is 12.3. The van der Waals surface area contributed by atoms with Crippen molar-refractivity contribution in [1.29, 1.82) is 0 Å². The first kappa shape index (κ1) is 29.5. The van der Waals surface area contributed by atoms with Crippen LogP contribution in [0.3, 0.4) is 0 Å². The predicted octanol–water partition coefficient (Wildman–Crippen LogP) is 3.78. The Morgan fingerprint density at radius 1 is 0.970 bits per heavy atom. The van der Waals surface area contributed by atoms with Crippen LogP contribution in [0.2, 0.25) is 0 Å². The third kappa shape index (κ3) is 10.9. The summed E-state index contributed by atoms with van der Waals surface area (Å²) in [5, 5.41) is 26.6. The molecule has 0 radical (unpaired) electrons. The van der Waals surface area contributed by atoms with Gasteiger partial charge in [0.05, 0.1) is 32.1 Å². The summed E-state index contributed by atoms with van der Waals surface area (Å²) in [6.45, 7) is 6.05. The fourth-order valence-electron chi connectivity index (χ4n) is 5.13. The Labute approximate surface area is 197 Å². The van der Waals surface area contributed by atoms with Gasteiger partial charge in [-0.15, -0.1) is 0 Å². The highest BCUT2D eigenvalue weighted by molar-refractivity contribution is 5.87. The van der Waals surface area contributed by atoms with Crippen LogP contribution in [0.15, 0.2) is 24.3 Å². The van der Waals surface area contributed by atoms with E-state index < -0.39 is 12.6 Å². The summed E-state index contributed by atoms with van der Waals surface area (Å²) in [5.41, 5.74) is 0.271. The maximum atomic E-state index is 12.3. The number of aliphatic hydroxyl groups excluding tert-OH is 3. The maximum Gasteiger partial charge on any atom is 0.335 e. The molecule has 3 N–H and O–H groups in total. The molecule has 0 aromatic heterocycles. The molecule has 7 heteroatoms. The summed E-state index contributed by atoms with van der Waals surface area (Å²) in [4.78, 5) is 21.1. The summed E-state index contributed by atoms with van der Waals surface area (Å²) < 4.78 is 17.5. The van der Waals surface area contributed by atoms with Crippen molar-refractivity contribution in [3.63, 3.8) is 0 Å². The van der Waals surface area contributed by atoms with Gasteiger partial charge in [0.15, 0.2) is 0 Å². The van der Waals surface area contributed by atoms with Gasteiger partial charge in [0.1, 0.15) is 6.29 Å². The van der Waals surface area contributed by atoms with Crippen LogP contribution in [-0.4, -0.2) is 60.7 Å². The number of esters is 1. The minimum Gasteiger partial charge on any atom is -0.462 e. The van der Waals surface area contributed by atoms with E-state index in [1.807, 2.05) is 0 Å². The Bertz CT molecular complexity index is 592. The van der Waals surface area contributed by atoms with E-state index in [0.29, 0.717) is 12.2 Å². The monoisotopic (exact) mass is 470 g/mol. The lowest BCUT2D eigenvalue weighted by atomic mass is 9.67. The number of halogens is 1. The quantitative estimate of drug-likeness (QED) is 0.228. The van der Waals surface area contributed by atoms with Crippen molar-refractivity contribution < 1.29 is 34.0 Å². The molecule has 190 valence electrons. The van der Waals surface area contributed by atoms with E-state index in [1.54, 1.807) is 0 Å². The van der Waals surface area contributed by atoms with Crippen LogP contribution in [0.4, 0.5) is 4.39 Å². The molecular weight excluding hydrogens is 427 g/mol. The Morgan fingerprint density at radius 2 is 1.55 bits per heavy atom. The fourth-order valence-corrected chi connectivity index (χ4v) is 5.13. The van der Waals surface area contributed by atoms with Crippen LogP contribution < -0.4 is 0 Å². The Hall–Kier alpha value is -1.57. The van der Waals surface area contributed by atoms with E-state index in [1.165, 1.54) is 38.5 Å². The predicted molar refractivity (Wildman–Crippen MR) is 126 cm³/mol. The summed E-state index contributed by atoms with van der Waals surface area (Å²) >= 11 is 0. The molecule has 0 aromatic rings. The van der Waals surface area contributed by atoms with Gasteiger partial charge in [-0.05, 0) is 75.0 Å². The zero-order valence-electron chi connectivity index (χ0n) is 19.9. The molecule has 2 saturated carbocycles. The van der Waals surface area contributed by atoms with Gasteiger partial charge in [-0.2, -0.15) is 0 Å². The van der Waals surface area contributed by atoms with Gasteiger partial charge in [-0.3, -0.25) is 9.18 Å². The molecule has 1 atom stereocenters. The number of hydrogen-bond acceptors (Lipinski definition) is 6.